The van der Waals surface area contributed by atoms with Crippen molar-refractivity contribution in [3.05, 3.63) is 59.7 Å². The molecule has 0 unspecified atom stereocenters. The number of hydrogen-bond acceptors (Lipinski definition) is 4. The lowest BCUT2D eigenvalue weighted by atomic mass is 10.2. The molecule has 2 aromatic carbocycles. The van der Waals surface area contributed by atoms with Crippen LogP contribution in [0.1, 0.15) is 35.2 Å². The first-order valence-corrected chi connectivity index (χ1v) is 9.54. The molecule has 2 fully saturated rings. The van der Waals surface area contributed by atoms with Crippen molar-refractivity contribution in [2.24, 2.45) is 0 Å². The first-order chi connectivity index (χ1) is 13.2. The van der Waals surface area contributed by atoms with Crippen molar-refractivity contribution in [1.82, 2.24) is 9.80 Å². The van der Waals surface area contributed by atoms with E-state index in [0.29, 0.717) is 28.7 Å². The molecular formula is C22H23N3O2. The molecule has 2 aromatic rings. The lowest BCUT2D eigenvalue weighted by Crippen LogP contribution is -2.37. The standard InChI is InChI=1S/C22H23N3O2/c23-15-17-3-7-20(8-4-17)27-21-9-5-18(6-10-21)22(26)25-14-11-19(16-25)24-12-1-2-13-24/h3-10,19H,1-2,11-14,16H2/t19-/m0/s1. The van der Waals surface area contributed by atoms with Crippen LogP contribution in [0, 0.1) is 11.3 Å². The first kappa shape index (κ1) is 17.6. The fourth-order valence-electron chi connectivity index (χ4n) is 3.91. The van der Waals surface area contributed by atoms with E-state index in [1.807, 2.05) is 29.2 Å². The number of amides is 1. The van der Waals surface area contributed by atoms with Gasteiger partial charge in [0.15, 0.2) is 0 Å². The quantitative estimate of drug-likeness (QED) is 0.834. The molecule has 0 spiro atoms. The molecule has 1 atom stereocenters. The maximum absolute atomic E-state index is 12.8. The van der Waals surface area contributed by atoms with Crippen LogP contribution in [-0.4, -0.2) is 47.9 Å². The van der Waals surface area contributed by atoms with Crippen LogP contribution in [0.4, 0.5) is 0 Å². The summed E-state index contributed by atoms with van der Waals surface area (Å²) in [5, 5.41) is 8.84. The summed E-state index contributed by atoms with van der Waals surface area (Å²) in [4.78, 5) is 17.3. The van der Waals surface area contributed by atoms with Crippen LogP contribution in [0.2, 0.25) is 0 Å². The minimum absolute atomic E-state index is 0.0987. The highest BCUT2D eigenvalue weighted by Gasteiger charge is 2.31. The molecular weight excluding hydrogens is 338 g/mol. The molecule has 1 amide bonds. The molecule has 2 heterocycles. The van der Waals surface area contributed by atoms with Gasteiger partial charge in [-0.1, -0.05) is 0 Å². The molecule has 2 aliphatic heterocycles. The second-order valence-corrected chi connectivity index (χ2v) is 7.20. The molecule has 4 rings (SSSR count). The molecule has 2 aliphatic rings. The third-order valence-electron chi connectivity index (χ3n) is 5.43. The zero-order chi connectivity index (χ0) is 18.6. The summed E-state index contributed by atoms with van der Waals surface area (Å²) >= 11 is 0. The van der Waals surface area contributed by atoms with Crippen LogP contribution in [0.5, 0.6) is 11.5 Å². The SMILES string of the molecule is N#Cc1ccc(Oc2ccc(C(=O)N3CC[C@H](N4CCCC4)C3)cc2)cc1. The third kappa shape index (κ3) is 3.96. The molecule has 2 saturated heterocycles. The molecule has 0 radical (unpaired) electrons. The van der Waals surface area contributed by atoms with Crippen molar-refractivity contribution in [3.8, 4) is 17.6 Å². The van der Waals surface area contributed by atoms with Gasteiger partial charge in [-0.25, -0.2) is 0 Å². The molecule has 5 heteroatoms. The highest BCUT2D eigenvalue weighted by Crippen LogP contribution is 2.24. The number of hydrogen-bond donors (Lipinski definition) is 0. The fourth-order valence-corrected chi connectivity index (χ4v) is 3.91. The van der Waals surface area contributed by atoms with E-state index in [0.717, 1.165) is 19.5 Å². The Hall–Kier alpha value is -2.84. The Balaban J connectivity index is 1.36. The van der Waals surface area contributed by atoms with Gasteiger partial charge in [-0.3, -0.25) is 9.69 Å². The van der Waals surface area contributed by atoms with E-state index in [2.05, 4.69) is 11.0 Å². The number of nitriles is 1. The summed E-state index contributed by atoms with van der Waals surface area (Å²) < 4.78 is 5.78. The van der Waals surface area contributed by atoms with Gasteiger partial charge in [0.25, 0.3) is 5.91 Å². The Labute approximate surface area is 159 Å². The molecule has 138 valence electrons. The number of carbonyl (C=O) groups excluding carboxylic acids is 1. The van der Waals surface area contributed by atoms with Crippen LogP contribution < -0.4 is 4.74 Å². The summed E-state index contributed by atoms with van der Waals surface area (Å²) in [6.45, 7) is 4.02. The van der Waals surface area contributed by atoms with E-state index in [-0.39, 0.29) is 5.91 Å². The minimum Gasteiger partial charge on any atom is -0.457 e. The topological polar surface area (TPSA) is 56.6 Å². The number of carbonyl (C=O) groups is 1. The molecule has 0 bridgehead atoms. The minimum atomic E-state index is 0.0987. The van der Waals surface area contributed by atoms with Crippen molar-refractivity contribution in [3.63, 3.8) is 0 Å². The van der Waals surface area contributed by atoms with Gasteiger partial charge in [-0.05, 0) is 80.9 Å². The van der Waals surface area contributed by atoms with Gasteiger partial charge in [-0.15, -0.1) is 0 Å². The molecule has 27 heavy (non-hydrogen) atoms. The van der Waals surface area contributed by atoms with E-state index < -0.39 is 0 Å². The van der Waals surface area contributed by atoms with Gasteiger partial charge >= 0.3 is 0 Å². The van der Waals surface area contributed by atoms with Crippen LogP contribution in [0.25, 0.3) is 0 Å². The summed E-state index contributed by atoms with van der Waals surface area (Å²) in [6.07, 6.45) is 3.64. The van der Waals surface area contributed by atoms with E-state index in [1.165, 1.54) is 25.9 Å². The van der Waals surface area contributed by atoms with Gasteiger partial charge in [0, 0.05) is 24.7 Å². The van der Waals surface area contributed by atoms with Crippen LogP contribution in [0.15, 0.2) is 48.5 Å². The summed E-state index contributed by atoms with van der Waals surface area (Å²) in [5.74, 6) is 1.44. The van der Waals surface area contributed by atoms with Crippen molar-refractivity contribution in [2.75, 3.05) is 26.2 Å². The van der Waals surface area contributed by atoms with E-state index in [4.69, 9.17) is 10.00 Å². The largest absolute Gasteiger partial charge is 0.457 e. The zero-order valence-electron chi connectivity index (χ0n) is 15.3. The zero-order valence-corrected chi connectivity index (χ0v) is 15.3. The van der Waals surface area contributed by atoms with Crippen LogP contribution in [0.3, 0.4) is 0 Å². The van der Waals surface area contributed by atoms with E-state index in [1.54, 1.807) is 24.3 Å². The first-order valence-electron chi connectivity index (χ1n) is 9.54. The van der Waals surface area contributed by atoms with Crippen LogP contribution in [-0.2, 0) is 0 Å². The van der Waals surface area contributed by atoms with Gasteiger partial charge < -0.3 is 9.64 Å². The Morgan fingerprint density at radius 3 is 2.22 bits per heavy atom. The van der Waals surface area contributed by atoms with Crippen molar-refractivity contribution < 1.29 is 9.53 Å². The molecule has 5 nitrogen and oxygen atoms in total. The van der Waals surface area contributed by atoms with E-state index >= 15 is 0 Å². The molecule has 0 N–H and O–H groups in total. The number of nitrogens with zero attached hydrogens (tertiary/aromatic N) is 3. The second-order valence-electron chi connectivity index (χ2n) is 7.20. The average molecular weight is 361 g/mol. The highest BCUT2D eigenvalue weighted by atomic mass is 16.5. The second kappa shape index (κ2) is 7.81. The summed E-state index contributed by atoms with van der Waals surface area (Å²) in [5.41, 5.74) is 1.30. The maximum Gasteiger partial charge on any atom is 0.253 e. The smallest absolute Gasteiger partial charge is 0.253 e. The highest BCUT2D eigenvalue weighted by molar-refractivity contribution is 5.94. The van der Waals surface area contributed by atoms with Crippen molar-refractivity contribution in [1.29, 1.82) is 5.26 Å². The monoisotopic (exact) mass is 361 g/mol. The lowest BCUT2D eigenvalue weighted by molar-refractivity contribution is 0.0780. The lowest BCUT2D eigenvalue weighted by Gasteiger charge is -2.23. The predicted molar refractivity (Wildman–Crippen MR) is 103 cm³/mol. The Morgan fingerprint density at radius 2 is 1.59 bits per heavy atom. The van der Waals surface area contributed by atoms with Gasteiger partial charge in [0.05, 0.1) is 11.6 Å². The van der Waals surface area contributed by atoms with Gasteiger partial charge in [0.1, 0.15) is 11.5 Å². The molecule has 0 aliphatic carbocycles. The molecule has 0 saturated carbocycles. The molecule has 0 aromatic heterocycles. The normalized spacial score (nSPS) is 19.8. The third-order valence-corrected chi connectivity index (χ3v) is 5.43. The number of ether oxygens (including phenoxy) is 1. The Bertz CT molecular complexity index is 833. The summed E-state index contributed by atoms with van der Waals surface area (Å²) in [7, 11) is 0. The number of benzene rings is 2. The Morgan fingerprint density at radius 1 is 0.963 bits per heavy atom. The number of likely N-dealkylation sites (tertiary alicyclic amines) is 2. The maximum atomic E-state index is 12.8. The van der Waals surface area contributed by atoms with Gasteiger partial charge in [-0.2, -0.15) is 5.26 Å². The fraction of sp³-hybridized carbons (Fsp3) is 0.364. The predicted octanol–water partition coefficient (Wildman–Crippen LogP) is 3.66. The number of rotatable bonds is 4. The van der Waals surface area contributed by atoms with Crippen molar-refractivity contribution in [2.45, 2.75) is 25.3 Å². The summed E-state index contributed by atoms with van der Waals surface area (Å²) in [6, 6.07) is 16.9. The average Bonchev–Trinajstić information content (AvgIpc) is 3.40. The van der Waals surface area contributed by atoms with Crippen molar-refractivity contribution >= 4 is 5.91 Å². The van der Waals surface area contributed by atoms with Crippen LogP contribution >= 0.6 is 0 Å². The van der Waals surface area contributed by atoms with Gasteiger partial charge in [0.2, 0.25) is 0 Å². The Kier molecular flexibility index (Phi) is 5.08. The van der Waals surface area contributed by atoms with E-state index in [9.17, 15) is 4.79 Å².